The number of carboxylic acids is 1. The average Bonchev–Trinajstić information content (AvgIpc) is 2.28. The van der Waals surface area contributed by atoms with Gasteiger partial charge >= 0.3 is 5.97 Å². The monoisotopic (exact) mass is 268 g/mol. The van der Waals surface area contributed by atoms with E-state index in [1.165, 1.54) is 0 Å². The van der Waals surface area contributed by atoms with E-state index in [4.69, 9.17) is 5.11 Å². The van der Waals surface area contributed by atoms with Crippen LogP contribution in [0.1, 0.15) is 36.5 Å². The Morgan fingerprint density at radius 3 is 2.58 bits per heavy atom. The van der Waals surface area contributed by atoms with Crippen molar-refractivity contribution in [3.63, 3.8) is 0 Å². The van der Waals surface area contributed by atoms with Crippen molar-refractivity contribution < 1.29 is 19.2 Å². The molecule has 0 radical (unpaired) electrons. The Labute approximate surface area is 108 Å². The van der Waals surface area contributed by atoms with Crippen LogP contribution in [0.5, 0.6) is 0 Å². The summed E-state index contributed by atoms with van der Waals surface area (Å²) in [6.45, 7) is 1.89. The molecule has 102 valence electrons. The molecule has 1 saturated carbocycles. The first-order chi connectivity index (χ1) is 8.82. The fourth-order valence-corrected chi connectivity index (χ4v) is 2.14. The maximum Gasteiger partial charge on any atom is 0.338 e. The van der Waals surface area contributed by atoms with E-state index in [1.807, 2.05) is 6.92 Å². The zero-order valence-corrected chi connectivity index (χ0v) is 10.3. The van der Waals surface area contributed by atoms with E-state index < -0.39 is 28.0 Å². The van der Waals surface area contributed by atoms with Crippen LogP contribution >= 0.6 is 0 Å². The largest absolute Gasteiger partial charge is 0.478 e. The van der Waals surface area contributed by atoms with Gasteiger partial charge in [0.15, 0.2) is 0 Å². The number of aromatic carboxylic acids is 1. The van der Waals surface area contributed by atoms with E-state index in [-0.39, 0.29) is 11.2 Å². The molecule has 0 unspecified atom stereocenters. The van der Waals surface area contributed by atoms with E-state index in [0.29, 0.717) is 6.07 Å². The fraction of sp³-hybridized carbons (Fsp3) is 0.417. The number of benzene rings is 1. The van der Waals surface area contributed by atoms with Crippen molar-refractivity contribution in [2.75, 3.05) is 5.32 Å². The molecule has 19 heavy (non-hydrogen) atoms. The van der Waals surface area contributed by atoms with Crippen LogP contribution in [0, 0.1) is 15.9 Å². The molecule has 6 nitrogen and oxygen atoms in total. The van der Waals surface area contributed by atoms with Crippen molar-refractivity contribution in [3.05, 3.63) is 33.6 Å². The zero-order chi connectivity index (χ0) is 14.2. The number of halogens is 1. The highest BCUT2D eigenvalue weighted by Gasteiger charge is 2.34. The molecule has 1 aliphatic carbocycles. The van der Waals surface area contributed by atoms with Crippen molar-refractivity contribution in [2.45, 2.75) is 31.7 Å². The van der Waals surface area contributed by atoms with E-state index >= 15 is 0 Å². The first-order valence-electron chi connectivity index (χ1n) is 5.82. The molecule has 0 atom stereocenters. The van der Waals surface area contributed by atoms with E-state index in [0.717, 1.165) is 25.3 Å². The molecule has 1 aliphatic rings. The van der Waals surface area contributed by atoms with Crippen molar-refractivity contribution in [3.8, 4) is 0 Å². The number of carboxylic acid groups (broad SMARTS) is 1. The summed E-state index contributed by atoms with van der Waals surface area (Å²) in [5, 5.41) is 22.7. The van der Waals surface area contributed by atoms with Crippen molar-refractivity contribution >= 4 is 17.3 Å². The Hall–Kier alpha value is -2.18. The van der Waals surface area contributed by atoms with Crippen LogP contribution in [0.2, 0.25) is 0 Å². The summed E-state index contributed by atoms with van der Waals surface area (Å²) in [7, 11) is 0. The third-order valence-electron chi connectivity index (χ3n) is 3.41. The van der Waals surface area contributed by atoms with Gasteiger partial charge in [-0.3, -0.25) is 10.1 Å². The Kier molecular flexibility index (Phi) is 3.13. The Balaban J connectivity index is 2.46. The van der Waals surface area contributed by atoms with Gasteiger partial charge in [-0.15, -0.1) is 0 Å². The normalized spacial score (nSPS) is 16.5. The van der Waals surface area contributed by atoms with Gasteiger partial charge in [-0.05, 0) is 32.3 Å². The minimum Gasteiger partial charge on any atom is -0.478 e. The average molecular weight is 268 g/mol. The lowest BCUT2D eigenvalue weighted by Crippen LogP contribution is -2.41. The highest BCUT2D eigenvalue weighted by molar-refractivity contribution is 5.90. The number of nitro groups is 1. The van der Waals surface area contributed by atoms with E-state index in [2.05, 4.69) is 5.32 Å². The number of carbonyl (C=O) groups is 1. The Bertz CT molecular complexity index is 555. The first-order valence-corrected chi connectivity index (χ1v) is 5.82. The molecule has 1 aromatic rings. The summed E-state index contributed by atoms with van der Waals surface area (Å²) in [5.74, 6) is -2.56. The summed E-state index contributed by atoms with van der Waals surface area (Å²) in [4.78, 5) is 21.0. The first kappa shape index (κ1) is 13.3. The van der Waals surface area contributed by atoms with Gasteiger partial charge in [0.25, 0.3) is 5.69 Å². The number of anilines is 1. The number of nitrogens with zero attached hydrogens (tertiary/aromatic N) is 1. The zero-order valence-electron chi connectivity index (χ0n) is 10.3. The number of nitrogens with one attached hydrogen (secondary N) is 1. The molecule has 2 rings (SSSR count). The molecule has 1 fully saturated rings. The van der Waals surface area contributed by atoms with Gasteiger partial charge in [-0.25, -0.2) is 9.18 Å². The summed E-state index contributed by atoms with van der Waals surface area (Å²) in [6, 6.07) is 1.63. The summed E-state index contributed by atoms with van der Waals surface area (Å²) < 4.78 is 13.5. The van der Waals surface area contributed by atoms with Crippen LogP contribution in [0.4, 0.5) is 15.8 Å². The van der Waals surface area contributed by atoms with Crippen LogP contribution in [0.15, 0.2) is 12.1 Å². The van der Waals surface area contributed by atoms with Crippen molar-refractivity contribution in [1.29, 1.82) is 0 Å². The maximum atomic E-state index is 13.5. The van der Waals surface area contributed by atoms with Gasteiger partial charge in [0.05, 0.1) is 16.6 Å². The van der Waals surface area contributed by atoms with Crippen LogP contribution in [-0.4, -0.2) is 21.5 Å². The minimum absolute atomic E-state index is 0.0472. The van der Waals surface area contributed by atoms with Gasteiger partial charge in [0, 0.05) is 5.54 Å². The van der Waals surface area contributed by atoms with Gasteiger partial charge in [0.1, 0.15) is 11.5 Å². The molecule has 0 aliphatic heterocycles. The lowest BCUT2D eigenvalue weighted by atomic mass is 9.78. The molecule has 0 spiro atoms. The number of hydrogen-bond acceptors (Lipinski definition) is 4. The molecular formula is C12H13FN2O4. The van der Waals surface area contributed by atoms with Crippen molar-refractivity contribution in [2.24, 2.45) is 0 Å². The molecular weight excluding hydrogens is 255 g/mol. The predicted octanol–water partition coefficient (Wildman–Crippen LogP) is 2.79. The second-order valence-corrected chi connectivity index (χ2v) is 4.95. The second-order valence-electron chi connectivity index (χ2n) is 4.95. The quantitative estimate of drug-likeness (QED) is 0.647. The molecule has 2 N–H and O–H groups in total. The van der Waals surface area contributed by atoms with E-state index in [9.17, 15) is 19.3 Å². The predicted molar refractivity (Wildman–Crippen MR) is 65.9 cm³/mol. The van der Waals surface area contributed by atoms with Gasteiger partial charge in [0.2, 0.25) is 0 Å². The number of rotatable bonds is 4. The van der Waals surface area contributed by atoms with Gasteiger partial charge < -0.3 is 10.4 Å². The SMILES string of the molecule is CC1(Nc2cc(C(=O)O)c(F)cc2[N+](=O)[O-])CCC1. The highest BCUT2D eigenvalue weighted by atomic mass is 19.1. The molecule has 7 heteroatoms. The molecule has 0 bridgehead atoms. The maximum absolute atomic E-state index is 13.5. The fourth-order valence-electron chi connectivity index (χ4n) is 2.14. The van der Waals surface area contributed by atoms with Gasteiger partial charge in [-0.2, -0.15) is 0 Å². The molecule has 0 saturated heterocycles. The van der Waals surface area contributed by atoms with Gasteiger partial charge in [-0.1, -0.05) is 0 Å². The lowest BCUT2D eigenvalue weighted by molar-refractivity contribution is -0.384. The summed E-state index contributed by atoms with van der Waals surface area (Å²) in [5.41, 5.74) is -1.27. The van der Waals surface area contributed by atoms with E-state index in [1.54, 1.807) is 0 Å². The Morgan fingerprint density at radius 1 is 1.53 bits per heavy atom. The standard InChI is InChI=1S/C12H13FN2O4/c1-12(3-2-4-12)14-9-5-7(11(16)17)8(13)6-10(9)15(18)19/h5-6,14H,2-4H2,1H3,(H,16,17). The third kappa shape index (κ3) is 2.49. The highest BCUT2D eigenvalue weighted by Crippen LogP contribution is 2.38. The summed E-state index contributed by atoms with van der Waals surface area (Å²) in [6.07, 6.45) is 2.68. The van der Waals surface area contributed by atoms with Crippen molar-refractivity contribution in [1.82, 2.24) is 0 Å². The molecule has 1 aromatic carbocycles. The Morgan fingerprint density at radius 2 is 2.16 bits per heavy atom. The van der Waals surface area contributed by atoms with Crippen LogP contribution in [0.3, 0.4) is 0 Å². The van der Waals surface area contributed by atoms with Crippen LogP contribution < -0.4 is 5.32 Å². The van der Waals surface area contributed by atoms with Crippen LogP contribution in [-0.2, 0) is 0 Å². The smallest absolute Gasteiger partial charge is 0.338 e. The third-order valence-corrected chi connectivity index (χ3v) is 3.41. The van der Waals surface area contributed by atoms with Crippen LogP contribution in [0.25, 0.3) is 0 Å². The molecule has 0 heterocycles. The minimum atomic E-state index is -1.45. The lowest BCUT2D eigenvalue weighted by Gasteiger charge is -2.39. The topological polar surface area (TPSA) is 92.5 Å². The number of nitro benzene ring substituents is 1. The number of hydrogen-bond donors (Lipinski definition) is 2. The molecule has 0 amide bonds. The summed E-state index contributed by atoms with van der Waals surface area (Å²) >= 11 is 0. The second kappa shape index (κ2) is 4.49. The molecule has 0 aromatic heterocycles.